The van der Waals surface area contributed by atoms with E-state index in [1.165, 1.54) is 0 Å². The summed E-state index contributed by atoms with van der Waals surface area (Å²) in [6, 6.07) is 4.99. The molecule has 0 radical (unpaired) electrons. The summed E-state index contributed by atoms with van der Waals surface area (Å²) in [7, 11) is 3.16. The molecule has 1 saturated heterocycles. The Morgan fingerprint density at radius 1 is 1.36 bits per heavy atom. The normalized spacial score (nSPS) is 17.5. The molecule has 0 spiro atoms. The molecule has 0 saturated carbocycles. The van der Waals surface area contributed by atoms with Gasteiger partial charge in [-0.05, 0) is 24.1 Å². The van der Waals surface area contributed by atoms with Gasteiger partial charge in [0, 0.05) is 6.54 Å². The average molecular weight is 308 g/mol. The van der Waals surface area contributed by atoms with E-state index < -0.39 is 6.04 Å². The first-order chi connectivity index (χ1) is 10.6. The van der Waals surface area contributed by atoms with Crippen LogP contribution in [-0.4, -0.2) is 51.8 Å². The summed E-state index contributed by atoms with van der Waals surface area (Å²) in [4.78, 5) is 23.1. The first-order valence-corrected chi connectivity index (χ1v) is 6.99. The second-order valence-electron chi connectivity index (χ2n) is 4.87. The van der Waals surface area contributed by atoms with Crippen molar-refractivity contribution in [2.75, 3.05) is 34.0 Å². The molecule has 1 heterocycles. The average Bonchev–Trinajstić information content (AvgIpc) is 2.54. The number of hydrogen-bond donors (Lipinski definition) is 2. The Balaban J connectivity index is 1.83. The highest BCUT2D eigenvalue weighted by atomic mass is 16.5. The second kappa shape index (κ2) is 7.65. The fraction of sp³-hybridized carbons (Fsp3) is 0.467. The molecule has 0 bridgehead atoms. The maximum absolute atomic E-state index is 11.9. The SMILES string of the molecule is COc1ccc(CCNC(=O)C2COCC(=O)N2)cc1OC. The van der Waals surface area contributed by atoms with E-state index in [1.54, 1.807) is 14.2 Å². The third-order valence-electron chi connectivity index (χ3n) is 3.33. The van der Waals surface area contributed by atoms with Crippen molar-refractivity contribution in [2.24, 2.45) is 0 Å². The molecule has 1 aliphatic rings. The van der Waals surface area contributed by atoms with Crippen molar-refractivity contribution in [2.45, 2.75) is 12.5 Å². The number of carbonyl (C=O) groups excluding carboxylic acids is 2. The lowest BCUT2D eigenvalue weighted by atomic mass is 10.1. The van der Waals surface area contributed by atoms with Gasteiger partial charge in [-0.3, -0.25) is 9.59 Å². The summed E-state index contributed by atoms with van der Waals surface area (Å²) < 4.78 is 15.4. The van der Waals surface area contributed by atoms with Gasteiger partial charge in [0.1, 0.15) is 12.6 Å². The van der Waals surface area contributed by atoms with E-state index in [0.29, 0.717) is 24.5 Å². The molecular formula is C15H20N2O5. The number of hydrogen-bond acceptors (Lipinski definition) is 5. The number of morpholine rings is 1. The number of nitrogens with one attached hydrogen (secondary N) is 2. The fourth-order valence-corrected chi connectivity index (χ4v) is 2.18. The molecule has 22 heavy (non-hydrogen) atoms. The van der Waals surface area contributed by atoms with Crippen LogP contribution in [-0.2, 0) is 20.7 Å². The lowest BCUT2D eigenvalue weighted by Crippen LogP contribution is -2.54. The van der Waals surface area contributed by atoms with Crippen molar-refractivity contribution in [1.29, 1.82) is 0 Å². The van der Waals surface area contributed by atoms with Crippen LogP contribution in [0.3, 0.4) is 0 Å². The van der Waals surface area contributed by atoms with Crippen LogP contribution in [0.15, 0.2) is 18.2 Å². The Hall–Kier alpha value is -2.28. The van der Waals surface area contributed by atoms with Gasteiger partial charge in [0.25, 0.3) is 0 Å². The van der Waals surface area contributed by atoms with E-state index in [9.17, 15) is 9.59 Å². The van der Waals surface area contributed by atoms with E-state index in [1.807, 2.05) is 18.2 Å². The van der Waals surface area contributed by atoms with Crippen LogP contribution >= 0.6 is 0 Å². The topological polar surface area (TPSA) is 85.9 Å². The number of benzene rings is 1. The third kappa shape index (κ3) is 4.11. The standard InChI is InChI=1S/C15H20N2O5/c1-20-12-4-3-10(7-13(12)21-2)5-6-16-15(19)11-8-22-9-14(18)17-11/h3-4,7,11H,5-6,8-9H2,1-2H3,(H,16,19)(H,17,18). The summed E-state index contributed by atoms with van der Waals surface area (Å²) >= 11 is 0. The maximum Gasteiger partial charge on any atom is 0.246 e. The number of ether oxygens (including phenoxy) is 3. The first-order valence-electron chi connectivity index (χ1n) is 6.99. The Morgan fingerprint density at radius 2 is 2.14 bits per heavy atom. The number of amides is 2. The highest BCUT2D eigenvalue weighted by Gasteiger charge is 2.24. The van der Waals surface area contributed by atoms with Gasteiger partial charge in [-0.25, -0.2) is 0 Å². The second-order valence-corrected chi connectivity index (χ2v) is 4.87. The molecule has 1 atom stereocenters. The Bertz CT molecular complexity index is 547. The zero-order valence-electron chi connectivity index (χ0n) is 12.7. The predicted octanol–water partition coefficient (Wildman–Crippen LogP) is -0.122. The van der Waals surface area contributed by atoms with Gasteiger partial charge in [0.2, 0.25) is 11.8 Å². The van der Waals surface area contributed by atoms with Crippen LogP contribution in [0.1, 0.15) is 5.56 Å². The van der Waals surface area contributed by atoms with E-state index in [-0.39, 0.29) is 25.0 Å². The van der Waals surface area contributed by atoms with Crippen molar-refractivity contribution in [1.82, 2.24) is 10.6 Å². The zero-order chi connectivity index (χ0) is 15.9. The summed E-state index contributed by atoms with van der Waals surface area (Å²) in [6.45, 7) is 0.671. The number of rotatable bonds is 6. The molecule has 0 aliphatic carbocycles. The molecule has 120 valence electrons. The van der Waals surface area contributed by atoms with Crippen molar-refractivity contribution >= 4 is 11.8 Å². The summed E-state index contributed by atoms with van der Waals surface area (Å²) in [5.74, 6) is 0.802. The lowest BCUT2D eigenvalue weighted by molar-refractivity contribution is -0.138. The molecule has 2 amide bonds. The Morgan fingerprint density at radius 3 is 2.82 bits per heavy atom. The highest BCUT2D eigenvalue weighted by Crippen LogP contribution is 2.27. The minimum Gasteiger partial charge on any atom is -0.493 e. The fourth-order valence-electron chi connectivity index (χ4n) is 2.18. The zero-order valence-corrected chi connectivity index (χ0v) is 12.7. The van der Waals surface area contributed by atoms with E-state index in [2.05, 4.69) is 10.6 Å². The van der Waals surface area contributed by atoms with Gasteiger partial charge < -0.3 is 24.8 Å². The smallest absolute Gasteiger partial charge is 0.246 e. The van der Waals surface area contributed by atoms with Crippen LogP contribution in [0.5, 0.6) is 11.5 Å². The molecule has 1 fully saturated rings. The van der Waals surface area contributed by atoms with E-state index >= 15 is 0 Å². The minimum atomic E-state index is -0.619. The van der Waals surface area contributed by atoms with Crippen molar-refractivity contribution in [3.63, 3.8) is 0 Å². The van der Waals surface area contributed by atoms with Crippen molar-refractivity contribution in [3.05, 3.63) is 23.8 Å². The van der Waals surface area contributed by atoms with Crippen molar-refractivity contribution in [3.8, 4) is 11.5 Å². The molecule has 7 heteroatoms. The maximum atomic E-state index is 11.9. The summed E-state index contributed by atoms with van der Waals surface area (Å²) in [5.41, 5.74) is 1.02. The third-order valence-corrected chi connectivity index (χ3v) is 3.33. The van der Waals surface area contributed by atoms with Crippen LogP contribution in [0.25, 0.3) is 0 Å². The van der Waals surface area contributed by atoms with Crippen LogP contribution < -0.4 is 20.1 Å². The number of methoxy groups -OCH3 is 2. The van der Waals surface area contributed by atoms with Crippen molar-refractivity contribution < 1.29 is 23.8 Å². The van der Waals surface area contributed by atoms with E-state index in [0.717, 1.165) is 5.56 Å². The quantitative estimate of drug-likeness (QED) is 0.765. The van der Waals surface area contributed by atoms with Crippen LogP contribution in [0, 0.1) is 0 Å². The van der Waals surface area contributed by atoms with Crippen LogP contribution in [0.4, 0.5) is 0 Å². The molecule has 7 nitrogen and oxygen atoms in total. The molecule has 1 unspecified atom stereocenters. The van der Waals surface area contributed by atoms with Gasteiger partial charge >= 0.3 is 0 Å². The Kier molecular flexibility index (Phi) is 5.60. The molecule has 2 N–H and O–H groups in total. The largest absolute Gasteiger partial charge is 0.493 e. The lowest BCUT2D eigenvalue weighted by Gasteiger charge is -2.22. The molecule has 1 aromatic carbocycles. The molecule has 1 aliphatic heterocycles. The summed E-state index contributed by atoms with van der Waals surface area (Å²) in [5, 5.41) is 5.37. The Labute approximate surface area is 128 Å². The van der Waals surface area contributed by atoms with Gasteiger partial charge in [-0.2, -0.15) is 0 Å². The number of carbonyl (C=O) groups is 2. The predicted molar refractivity (Wildman–Crippen MR) is 79.0 cm³/mol. The monoisotopic (exact) mass is 308 g/mol. The van der Waals surface area contributed by atoms with Gasteiger partial charge in [0.05, 0.1) is 20.8 Å². The van der Waals surface area contributed by atoms with Gasteiger partial charge in [-0.1, -0.05) is 6.07 Å². The molecule has 1 aromatic rings. The van der Waals surface area contributed by atoms with Gasteiger partial charge in [0.15, 0.2) is 11.5 Å². The van der Waals surface area contributed by atoms with Crippen LogP contribution in [0.2, 0.25) is 0 Å². The molecule has 2 rings (SSSR count). The first kappa shape index (κ1) is 16.1. The summed E-state index contributed by atoms with van der Waals surface area (Å²) in [6.07, 6.45) is 0.646. The van der Waals surface area contributed by atoms with E-state index in [4.69, 9.17) is 14.2 Å². The minimum absolute atomic E-state index is 0.00935. The highest BCUT2D eigenvalue weighted by molar-refractivity contribution is 5.89. The molecular weight excluding hydrogens is 288 g/mol. The molecule has 0 aromatic heterocycles. The van der Waals surface area contributed by atoms with Gasteiger partial charge in [-0.15, -0.1) is 0 Å².